The number of benzene rings is 3. The van der Waals surface area contributed by atoms with Gasteiger partial charge in [0.25, 0.3) is 5.69 Å². The van der Waals surface area contributed by atoms with Crippen LogP contribution in [0, 0.1) is 29.9 Å². The molecule has 42 heavy (non-hydrogen) atoms. The van der Waals surface area contributed by atoms with Crippen molar-refractivity contribution in [3.63, 3.8) is 0 Å². The molecule has 0 heterocycles. The van der Waals surface area contributed by atoms with E-state index in [4.69, 9.17) is 0 Å². The highest BCUT2D eigenvalue weighted by Gasteiger charge is 2.33. The smallest absolute Gasteiger partial charge is 0.271 e. The van der Waals surface area contributed by atoms with Gasteiger partial charge in [-0.25, -0.2) is 8.42 Å². The summed E-state index contributed by atoms with van der Waals surface area (Å²) >= 11 is 0. The van der Waals surface area contributed by atoms with E-state index in [9.17, 15) is 28.1 Å². The number of non-ortho nitro benzene ring substituents is 1. The molecule has 3 aromatic rings. The van der Waals surface area contributed by atoms with E-state index in [0.717, 1.165) is 33.3 Å². The molecule has 1 atom stereocenters. The lowest BCUT2D eigenvalue weighted by Gasteiger charge is -2.34. The maximum absolute atomic E-state index is 14.2. The molecule has 0 radical (unpaired) electrons. The summed E-state index contributed by atoms with van der Waals surface area (Å²) in [5.74, 6) is -0.803. The van der Waals surface area contributed by atoms with E-state index < -0.39 is 33.4 Å². The minimum atomic E-state index is -4.05. The Morgan fingerprint density at radius 3 is 2.17 bits per heavy atom. The van der Waals surface area contributed by atoms with Gasteiger partial charge in [0.15, 0.2) is 0 Å². The van der Waals surface area contributed by atoms with Crippen LogP contribution in [0.1, 0.15) is 36.1 Å². The molecule has 11 heteroatoms. The van der Waals surface area contributed by atoms with Gasteiger partial charge in [0.1, 0.15) is 12.6 Å². The SMILES string of the molecule is Cc1ccc(CN(C(=O)CN(c2cc([N+](=O)[O-])ccc2C)S(C)(=O)=O)C(Cc2ccccc2)C(=O)NCC(C)C)cc1. The summed E-state index contributed by atoms with van der Waals surface area (Å²) in [7, 11) is -4.05. The minimum absolute atomic E-state index is 0.0270. The molecule has 1 unspecified atom stereocenters. The average Bonchev–Trinajstić information content (AvgIpc) is 2.93. The monoisotopic (exact) mass is 594 g/mol. The number of nitrogens with zero attached hydrogens (tertiary/aromatic N) is 3. The fraction of sp³-hybridized carbons (Fsp3) is 0.355. The third-order valence-corrected chi connectivity index (χ3v) is 7.91. The van der Waals surface area contributed by atoms with Crippen LogP contribution in [0.15, 0.2) is 72.8 Å². The summed E-state index contributed by atoms with van der Waals surface area (Å²) in [6, 6.07) is 19.7. The molecule has 0 saturated heterocycles. The number of carbonyl (C=O) groups is 2. The van der Waals surface area contributed by atoms with Gasteiger partial charge in [-0.3, -0.25) is 24.0 Å². The number of nitrogens with one attached hydrogen (secondary N) is 1. The van der Waals surface area contributed by atoms with Gasteiger partial charge < -0.3 is 10.2 Å². The molecule has 0 fully saturated rings. The molecule has 0 aliphatic carbocycles. The van der Waals surface area contributed by atoms with E-state index in [1.807, 2.05) is 75.4 Å². The highest BCUT2D eigenvalue weighted by atomic mass is 32.2. The quantitative estimate of drug-likeness (QED) is 0.231. The van der Waals surface area contributed by atoms with Gasteiger partial charge in [-0.05, 0) is 36.5 Å². The Labute approximate surface area is 247 Å². The molecule has 224 valence electrons. The zero-order valence-electron chi connectivity index (χ0n) is 24.6. The minimum Gasteiger partial charge on any atom is -0.354 e. The fourth-order valence-electron chi connectivity index (χ4n) is 4.44. The maximum atomic E-state index is 14.2. The van der Waals surface area contributed by atoms with Crippen LogP contribution in [-0.4, -0.2) is 55.4 Å². The number of aryl methyl sites for hydroxylation is 2. The van der Waals surface area contributed by atoms with E-state index >= 15 is 0 Å². The van der Waals surface area contributed by atoms with E-state index in [-0.39, 0.29) is 36.2 Å². The number of sulfonamides is 1. The van der Waals surface area contributed by atoms with E-state index in [1.54, 1.807) is 6.92 Å². The third-order valence-electron chi connectivity index (χ3n) is 6.78. The largest absolute Gasteiger partial charge is 0.354 e. The van der Waals surface area contributed by atoms with Crippen molar-refractivity contribution in [3.05, 3.63) is 105 Å². The number of nitro benzene ring substituents is 1. The normalized spacial score (nSPS) is 12.0. The van der Waals surface area contributed by atoms with Crippen molar-refractivity contribution in [2.45, 2.75) is 46.7 Å². The Hall–Kier alpha value is -4.25. The predicted octanol–water partition coefficient (Wildman–Crippen LogP) is 4.39. The molecule has 0 aliphatic heterocycles. The van der Waals surface area contributed by atoms with Gasteiger partial charge in [0, 0.05) is 31.6 Å². The molecule has 0 spiro atoms. The lowest BCUT2D eigenvalue weighted by Crippen LogP contribution is -2.53. The molecule has 0 bridgehead atoms. The van der Waals surface area contributed by atoms with Gasteiger partial charge in [-0.1, -0.05) is 80.1 Å². The first-order chi connectivity index (χ1) is 19.8. The molecular weight excluding hydrogens is 556 g/mol. The third kappa shape index (κ3) is 8.87. The summed E-state index contributed by atoms with van der Waals surface area (Å²) in [4.78, 5) is 40.1. The molecule has 3 aromatic carbocycles. The summed E-state index contributed by atoms with van der Waals surface area (Å²) in [5.41, 5.74) is 2.79. The second-order valence-corrected chi connectivity index (χ2v) is 12.8. The molecule has 3 rings (SSSR count). The van der Waals surface area contributed by atoms with Crippen LogP contribution in [0.4, 0.5) is 11.4 Å². The van der Waals surface area contributed by atoms with E-state index in [2.05, 4.69) is 5.32 Å². The van der Waals surface area contributed by atoms with Crippen molar-refractivity contribution in [2.24, 2.45) is 5.92 Å². The highest BCUT2D eigenvalue weighted by Crippen LogP contribution is 2.28. The number of hydrogen-bond donors (Lipinski definition) is 1. The fourth-order valence-corrected chi connectivity index (χ4v) is 5.34. The lowest BCUT2D eigenvalue weighted by atomic mass is 10.0. The van der Waals surface area contributed by atoms with Crippen molar-refractivity contribution >= 4 is 33.2 Å². The second-order valence-electron chi connectivity index (χ2n) is 10.8. The zero-order valence-corrected chi connectivity index (χ0v) is 25.4. The van der Waals surface area contributed by atoms with Crippen LogP contribution in [0.2, 0.25) is 0 Å². The van der Waals surface area contributed by atoms with Gasteiger partial charge in [0.2, 0.25) is 21.8 Å². The van der Waals surface area contributed by atoms with Crippen molar-refractivity contribution < 1.29 is 22.9 Å². The van der Waals surface area contributed by atoms with E-state index in [1.165, 1.54) is 17.0 Å². The van der Waals surface area contributed by atoms with Crippen LogP contribution >= 0.6 is 0 Å². The summed E-state index contributed by atoms with van der Waals surface area (Å²) in [5, 5.41) is 14.4. The number of amides is 2. The maximum Gasteiger partial charge on any atom is 0.271 e. The first-order valence-electron chi connectivity index (χ1n) is 13.7. The highest BCUT2D eigenvalue weighted by molar-refractivity contribution is 7.92. The summed E-state index contributed by atoms with van der Waals surface area (Å²) in [6.45, 7) is 7.30. The molecule has 0 saturated carbocycles. The number of carbonyl (C=O) groups excluding carboxylic acids is 2. The Balaban J connectivity index is 2.09. The number of rotatable bonds is 13. The zero-order chi connectivity index (χ0) is 31.0. The second kappa shape index (κ2) is 14.1. The van der Waals surface area contributed by atoms with Crippen molar-refractivity contribution in [1.82, 2.24) is 10.2 Å². The average molecular weight is 595 g/mol. The standard InChI is InChI=1S/C31H38N4O6S/c1-22(2)19-32-31(37)29(17-25-9-7-6-8-10-25)33(20-26-14-11-23(3)12-15-26)30(36)21-34(42(5,40)41)28-18-27(35(38)39)16-13-24(28)4/h6-16,18,22,29H,17,19-21H2,1-5H3,(H,32,37). The number of anilines is 1. The Bertz CT molecular complexity index is 1510. The first kappa shape index (κ1) is 32.3. The van der Waals surface area contributed by atoms with Crippen molar-refractivity contribution in [3.8, 4) is 0 Å². The Kier molecular flexibility index (Phi) is 10.8. The number of nitro groups is 1. The van der Waals surface area contributed by atoms with Gasteiger partial charge in [-0.15, -0.1) is 0 Å². The van der Waals surface area contributed by atoms with Crippen LogP contribution in [0.5, 0.6) is 0 Å². The molecule has 0 aliphatic rings. The molecule has 0 aromatic heterocycles. The number of hydrogen-bond acceptors (Lipinski definition) is 6. The Morgan fingerprint density at radius 2 is 1.60 bits per heavy atom. The summed E-state index contributed by atoms with van der Waals surface area (Å²) < 4.78 is 26.9. The first-order valence-corrected chi connectivity index (χ1v) is 15.5. The lowest BCUT2D eigenvalue weighted by molar-refractivity contribution is -0.384. The Morgan fingerprint density at radius 1 is 0.952 bits per heavy atom. The van der Waals surface area contributed by atoms with Crippen molar-refractivity contribution in [2.75, 3.05) is 23.7 Å². The topological polar surface area (TPSA) is 130 Å². The van der Waals surface area contributed by atoms with Gasteiger partial charge in [0.05, 0.1) is 16.9 Å². The summed E-state index contributed by atoms with van der Waals surface area (Å²) in [6.07, 6.45) is 1.15. The molecular formula is C31H38N4O6S. The van der Waals surface area contributed by atoms with Crippen LogP contribution in [0.25, 0.3) is 0 Å². The van der Waals surface area contributed by atoms with Gasteiger partial charge in [-0.2, -0.15) is 0 Å². The molecule has 10 nitrogen and oxygen atoms in total. The van der Waals surface area contributed by atoms with Crippen LogP contribution in [-0.2, 0) is 32.6 Å². The molecule has 2 amide bonds. The van der Waals surface area contributed by atoms with E-state index in [0.29, 0.717) is 12.1 Å². The predicted molar refractivity (Wildman–Crippen MR) is 164 cm³/mol. The molecule has 1 N–H and O–H groups in total. The van der Waals surface area contributed by atoms with Gasteiger partial charge >= 0.3 is 0 Å². The van der Waals surface area contributed by atoms with Crippen LogP contribution < -0.4 is 9.62 Å². The van der Waals surface area contributed by atoms with Crippen molar-refractivity contribution in [1.29, 1.82) is 0 Å². The van der Waals surface area contributed by atoms with Crippen LogP contribution in [0.3, 0.4) is 0 Å².